The number of aromatic nitrogens is 1. The molecule has 160 valence electrons. The average Bonchev–Trinajstić information content (AvgIpc) is 2.83. The number of pyridine rings is 1. The van der Waals surface area contributed by atoms with Gasteiger partial charge in [0, 0.05) is 36.3 Å². The van der Waals surface area contributed by atoms with Crippen LogP contribution >= 0.6 is 0 Å². The number of amides is 2. The zero-order valence-corrected chi connectivity index (χ0v) is 18.1. The highest BCUT2D eigenvalue weighted by Crippen LogP contribution is 2.27. The zero-order valence-electron chi connectivity index (χ0n) is 18.1. The lowest BCUT2D eigenvalue weighted by molar-refractivity contribution is 0.0827. The number of hydrogen-bond acceptors (Lipinski definition) is 4. The number of rotatable bonds is 5. The number of ether oxygens (including phenoxy) is 1. The van der Waals surface area contributed by atoms with Crippen LogP contribution in [-0.4, -0.2) is 42.9 Å². The molecule has 1 aromatic heterocycles. The number of carbonyl (C=O) groups is 2. The highest BCUT2D eigenvalue weighted by atomic mass is 16.5. The van der Waals surface area contributed by atoms with E-state index in [2.05, 4.69) is 5.32 Å². The SMILES string of the molecule is COc1ccc(-c2cc(C(=O)Nc3ccc(C(=O)N(C)C)cc3)c3ccccc3n2)cc1. The van der Waals surface area contributed by atoms with E-state index in [1.54, 1.807) is 51.5 Å². The monoisotopic (exact) mass is 425 g/mol. The molecule has 0 bridgehead atoms. The summed E-state index contributed by atoms with van der Waals surface area (Å²) in [5.41, 5.74) is 4.01. The van der Waals surface area contributed by atoms with Crippen molar-refractivity contribution < 1.29 is 14.3 Å². The second-order valence-corrected chi connectivity index (χ2v) is 7.53. The van der Waals surface area contributed by atoms with Gasteiger partial charge in [-0.2, -0.15) is 0 Å². The Labute approximate surface area is 186 Å². The molecule has 2 amide bonds. The van der Waals surface area contributed by atoms with Crippen LogP contribution in [0.5, 0.6) is 5.75 Å². The van der Waals surface area contributed by atoms with Crippen LogP contribution in [0.1, 0.15) is 20.7 Å². The lowest BCUT2D eigenvalue weighted by atomic mass is 10.0. The minimum Gasteiger partial charge on any atom is -0.497 e. The van der Waals surface area contributed by atoms with Crippen molar-refractivity contribution in [3.05, 3.63) is 90.0 Å². The van der Waals surface area contributed by atoms with Crippen LogP contribution in [0.15, 0.2) is 78.9 Å². The van der Waals surface area contributed by atoms with Crippen LogP contribution in [0.3, 0.4) is 0 Å². The fourth-order valence-electron chi connectivity index (χ4n) is 3.43. The quantitative estimate of drug-likeness (QED) is 0.495. The highest BCUT2D eigenvalue weighted by molar-refractivity contribution is 6.13. The molecule has 6 heteroatoms. The number of methoxy groups -OCH3 is 1. The maximum Gasteiger partial charge on any atom is 0.256 e. The molecule has 32 heavy (non-hydrogen) atoms. The smallest absolute Gasteiger partial charge is 0.256 e. The molecule has 0 aliphatic heterocycles. The lowest BCUT2D eigenvalue weighted by Crippen LogP contribution is -2.21. The fourth-order valence-corrected chi connectivity index (χ4v) is 3.43. The Hall–Kier alpha value is -4.19. The van der Waals surface area contributed by atoms with Crippen LogP contribution in [-0.2, 0) is 0 Å². The number of para-hydroxylation sites is 1. The minimum absolute atomic E-state index is 0.0906. The number of hydrogen-bond donors (Lipinski definition) is 1. The van der Waals surface area contributed by atoms with E-state index in [1.165, 1.54) is 4.90 Å². The predicted molar refractivity (Wildman–Crippen MR) is 126 cm³/mol. The largest absolute Gasteiger partial charge is 0.497 e. The molecule has 4 aromatic rings. The van der Waals surface area contributed by atoms with E-state index in [-0.39, 0.29) is 11.8 Å². The molecule has 0 unspecified atom stereocenters. The summed E-state index contributed by atoms with van der Waals surface area (Å²) in [6.07, 6.45) is 0. The van der Waals surface area contributed by atoms with E-state index in [9.17, 15) is 9.59 Å². The van der Waals surface area contributed by atoms with E-state index in [0.29, 0.717) is 22.5 Å². The molecule has 0 aliphatic carbocycles. The normalized spacial score (nSPS) is 10.6. The molecule has 0 aliphatic rings. The molecule has 0 radical (unpaired) electrons. The second kappa shape index (κ2) is 8.89. The molecule has 0 atom stereocenters. The summed E-state index contributed by atoms with van der Waals surface area (Å²) in [6.45, 7) is 0. The number of carbonyl (C=O) groups excluding carboxylic acids is 2. The molecule has 1 N–H and O–H groups in total. The number of anilines is 1. The first-order valence-electron chi connectivity index (χ1n) is 10.1. The highest BCUT2D eigenvalue weighted by Gasteiger charge is 2.15. The fraction of sp³-hybridized carbons (Fsp3) is 0.115. The van der Waals surface area contributed by atoms with Crippen molar-refractivity contribution in [2.45, 2.75) is 0 Å². The Balaban J connectivity index is 1.68. The van der Waals surface area contributed by atoms with Crippen LogP contribution < -0.4 is 10.1 Å². The van der Waals surface area contributed by atoms with Crippen LogP contribution in [0, 0.1) is 0 Å². The average molecular weight is 425 g/mol. The molecule has 4 rings (SSSR count). The van der Waals surface area contributed by atoms with Crippen LogP contribution in [0.2, 0.25) is 0 Å². The van der Waals surface area contributed by atoms with Gasteiger partial charge >= 0.3 is 0 Å². The van der Waals surface area contributed by atoms with Crippen molar-refractivity contribution in [2.24, 2.45) is 0 Å². The molecular weight excluding hydrogens is 402 g/mol. The summed E-state index contributed by atoms with van der Waals surface area (Å²) in [7, 11) is 5.02. The molecular formula is C26H23N3O3. The van der Waals surface area contributed by atoms with E-state index in [1.807, 2.05) is 48.5 Å². The van der Waals surface area contributed by atoms with E-state index in [4.69, 9.17) is 9.72 Å². The Morgan fingerprint density at radius 2 is 1.59 bits per heavy atom. The Morgan fingerprint density at radius 1 is 0.906 bits per heavy atom. The van der Waals surface area contributed by atoms with Gasteiger partial charge in [-0.3, -0.25) is 9.59 Å². The summed E-state index contributed by atoms with van der Waals surface area (Å²) in [5, 5.41) is 3.70. The van der Waals surface area contributed by atoms with Gasteiger partial charge < -0.3 is 15.0 Å². The van der Waals surface area contributed by atoms with Crippen molar-refractivity contribution in [2.75, 3.05) is 26.5 Å². The van der Waals surface area contributed by atoms with Crippen LogP contribution in [0.4, 0.5) is 5.69 Å². The third kappa shape index (κ3) is 4.30. The standard InChI is InChI=1S/C26H23N3O3/c1-29(2)26(31)18-8-12-19(13-9-18)27-25(30)22-16-24(17-10-14-20(32-3)15-11-17)28-23-7-5-4-6-21(22)23/h4-16H,1-3H3,(H,27,30). The van der Waals surface area contributed by atoms with Crippen LogP contribution in [0.25, 0.3) is 22.2 Å². The van der Waals surface area contributed by atoms with Gasteiger partial charge in [-0.1, -0.05) is 18.2 Å². The third-order valence-electron chi connectivity index (χ3n) is 5.14. The number of benzene rings is 3. The summed E-state index contributed by atoms with van der Waals surface area (Å²) in [4.78, 5) is 31.5. The Bertz CT molecular complexity index is 1280. The van der Waals surface area contributed by atoms with Crippen molar-refractivity contribution in [3.8, 4) is 17.0 Å². The molecule has 0 saturated heterocycles. The molecule has 0 fully saturated rings. The Kier molecular flexibility index (Phi) is 5.85. The maximum absolute atomic E-state index is 13.2. The van der Waals surface area contributed by atoms with Crippen molar-refractivity contribution in [1.29, 1.82) is 0 Å². The number of nitrogens with zero attached hydrogens (tertiary/aromatic N) is 2. The van der Waals surface area contributed by atoms with E-state index in [0.717, 1.165) is 22.2 Å². The van der Waals surface area contributed by atoms with Gasteiger partial charge in [0.15, 0.2) is 0 Å². The topological polar surface area (TPSA) is 71.5 Å². The predicted octanol–water partition coefficient (Wildman–Crippen LogP) is 4.86. The third-order valence-corrected chi connectivity index (χ3v) is 5.14. The number of nitrogens with one attached hydrogen (secondary N) is 1. The van der Waals surface area contributed by atoms with Gasteiger partial charge in [-0.15, -0.1) is 0 Å². The second-order valence-electron chi connectivity index (χ2n) is 7.53. The molecule has 0 spiro atoms. The number of fused-ring (bicyclic) bond motifs is 1. The van der Waals surface area contributed by atoms with Gasteiger partial charge in [0.1, 0.15) is 5.75 Å². The summed E-state index contributed by atoms with van der Waals surface area (Å²) in [6, 6.07) is 23.8. The zero-order chi connectivity index (χ0) is 22.7. The first-order chi connectivity index (χ1) is 15.5. The van der Waals surface area contributed by atoms with Gasteiger partial charge in [0.25, 0.3) is 11.8 Å². The minimum atomic E-state index is -0.245. The lowest BCUT2D eigenvalue weighted by Gasteiger charge is -2.12. The summed E-state index contributed by atoms with van der Waals surface area (Å²) in [5.74, 6) is 0.417. The molecule has 0 saturated carbocycles. The van der Waals surface area contributed by atoms with Gasteiger partial charge in [0.05, 0.1) is 23.9 Å². The first kappa shape index (κ1) is 21.1. The van der Waals surface area contributed by atoms with Gasteiger partial charge in [-0.25, -0.2) is 4.98 Å². The molecule has 6 nitrogen and oxygen atoms in total. The maximum atomic E-state index is 13.2. The molecule has 1 heterocycles. The van der Waals surface area contributed by atoms with Crippen molar-refractivity contribution in [3.63, 3.8) is 0 Å². The Morgan fingerprint density at radius 3 is 2.25 bits per heavy atom. The van der Waals surface area contributed by atoms with Crippen molar-refractivity contribution >= 4 is 28.4 Å². The van der Waals surface area contributed by atoms with E-state index < -0.39 is 0 Å². The van der Waals surface area contributed by atoms with Crippen molar-refractivity contribution in [1.82, 2.24) is 9.88 Å². The first-order valence-corrected chi connectivity index (χ1v) is 10.1. The summed E-state index contributed by atoms with van der Waals surface area (Å²) >= 11 is 0. The van der Waals surface area contributed by atoms with Gasteiger partial charge in [0.2, 0.25) is 0 Å². The van der Waals surface area contributed by atoms with Gasteiger partial charge in [-0.05, 0) is 60.7 Å². The van der Waals surface area contributed by atoms with E-state index >= 15 is 0 Å². The summed E-state index contributed by atoms with van der Waals surface area (Å²) < 4.78 is 5.23. The molecule has 3 aromatic carbocycles.